The van der Waals surface area contributed by atoms with Crippen LogP contribution in [-0.2, 0) is 0 Å². The molecule has 3 aromatic carbocycles. The molecular weight excluding hydrogens is 348 g/mol. The Kier molecular flexibility index (Phi) is 4.87. The van der Waals surface area contributed by atoms with Crippen LogP contribution < -0.4 is 5.32 Å². The van der Waals surface area contributed by atoms with Crippen molar-refractivity contribution in [2.75, 3.05) is 5.32 Å². The van der Waals surface area contributed by atoms with E-state index in [-0.39, 0.29) is 0 Å². The van der Waals surface area contributed by atoms with Gasteiger partial charge in [-0.05, 0) is 55.7 Å². The zero-order valence-electron chi connectivity index (χ0n) is 15.8. The zero-order chi connectivity index (χ0) is 18.8. The maximum Gasteiger partial charge on any atom is 0.171 e. The molecule has 1 aliphatic heterocycles. The van der Waals surface area contributed by atoms with Gasteiger partial charge in [-0.15, -0.1) is 0 Å². The number of hydrogen-bond donors (Lipinski definition) is 1. The molecule has 0 radical (unpaired) electrons. The van der Waals surface area contributed by atoms with Gasteiger partial charge in [-0.3, -0.25) is 0 Å². The van der Waals surface area contributed by atoms with Gasteiger partial charge in [0.05, 0.1) is 5.69 Å². The Morgan fingerprint density at radius 1 is 0.852 bits per heavy atom. The van der Waals surface area contributed by atoms with Gasteiger partial charge in [-0.25, -0.2) is 4.99 Å². The van der Waals surface area contributed by atoms with E-state index >= 15 is 0 Å². The topological polar surface area (TPSA) is 24.4 Å². The number of benzene rings is 3. The molecule has 0 spiro atoms. The first-order chi connectivity index (χ1) is 13.1. The van der Waals surface area contributed by atoms with Crippen LogP contribution in [0.15, 0.2) is 71.7 Å². The van der Waals surface area contributed by atoms with Gasteiger partial charge in [0.1, 0.15) is 0 Å². The number of rotatable bonds is 2. The SMILES string of the molecule is Cc1ccc2c(c1)/C(=C/c1ccccc1)SC(=Nc1c(C)cccc1C)N2. The first-order valence-corrected chi connectivity index (χ1v) is 9.89. The van der Waals surface area contributed by atoms with Crippen LogP contribution >= 0.6 is 11.8 Å². The third-order valence-corrected chi connectivity index (χ3v) is 5.58. The third-order valence-electron chi connectivity index (χ3n) is 4.64. The number of nitrogens with one attached hydrogen (secondary N) is 1. The predicted molar refractivity (Wildman–Crippen MR) is 120 cm³/mol. The van der Waals surface area contributed by atoms with E-state index in [0.717, 1.165) is 16.5 Å². The normalized spacial score (nSPS) is 16.3. The lowest BCUT2D eigenvalue weighted by molar-refractivity contribution is 1.33. The lowest BCUT2D eigenvalue weighted by atomic mass is 10.1. The monoisotopic (exact) mass is 370 g/mol. The van der Waals surface area contributed by atoms with Crippen LogP contribution in [-0.4, -0.2) is 5.17 Å². The molecule has 1 N–H and O–H groups in total. The fourth-order valence-electron chi connectivity index (χ4n) is 3.21. The summed E-state index contributed by atoms with van der Waals surface area (Å²) in [5, 5.41) is 4.42. The summed E-state index contributed by atoms with van der Waals surface area (Å²) in [5.41, 5.74) is 8.20. The molecule has 0 aliphatic carbocycles. The summed E-state index contributed by atoms with van der Waals surface area (Å²) in [6.07, 6.45) is 2.24. The van der Waals surface area contributed by atoms with Crippen molar-refractivity contribution in [1.29, 1.82) is 0 Å². The Hall–Kier alpha value is -2.78. The van der Waals surface area contributed by atoms with Crippen LogP contribution in [0.4, 0.5) is 11.4 Å². The van der Waals surface area contributed by atoms with Crippen molar-refractivity contribution in [3.8, 4) is 0 Å². The van der Waals surface area contributed by atoms with Crippen molar-refractivity contribution in [2.45, 2.75) is 20.8 Å². The fraction of sp³-hybridized carbons (Fsp3) is 0.125. The quantitative estimate of drug-likeness (QED) is 0.527. The van der Waals surface area contributed by atoms with Crippen molar-refractivity contribution in [3.05, 3.63) is 94.5 Å². The Labute approximate surface area is 165 Å². The van der Waals surface area contributed by atoms with Crippen molar-refractivity contribution in [2.24, 2.45) is 4.99 Å². The highest BCUT2D eigenvalue weighted by Gasteiger charge is 2.20. The summed E-state index contributed by atoms with van der Waals surface area (Å²) in [5.74, 6) is 0. The Bertz CT molecular complexity index is 1030. The minimum Gasteiger partial charge on any atom is -0.334 e. The van der Waals surface area contributed by atoms with Gasteiger partial charge < -0.3 is 5.32 Å². The first kappa shape index (κ1) is 17.6. The second kappa shape index (κ2) is 7.45. The molecule has 3 aromatic rings. The summed E-state index contributed by atoms with van der Waals surface area (Å²) >= 11 is 1.69. The average Bonchev–Trinajstić information content (AvgIpc) is 2.66. The molecule has 0 unspecified atom stereocenters. The van der Waals surface area contributed by atoms with Crippen LogP contribution in [0.5, 0.6) is 0 Å². The second-order valence-electron chi connectivity index (χ2n) is 6.85. The van der Waals surface area contributed by atoms with E-state index in [1.165, 1.54) is 32.7 Å². The minimum absolute atomic E-state index is 0.908. The molecule has 0 saturated carbocycles. The fourth-order valence-corrected chi connectivity index (χ4v) is 4.19. The van der Waals surface area contributed by atoms with E-state index in [1.807, 2.05) is 6.07 Å². The van der Waals surface area contributed by atoms with E-state index in [1.54, 1.807) is 11.8 Å². The minimum atomic E-state index is 0.908. The molecule has 0 bridgehead atoms. The molecule has 27 heavy (non-hydrogen) atoms. The molecule has 0 saturated heterocycles. The lowest BCUT2D eigenvalue weighted by Gasteiger charge is -2.23. The highest BCUT2D eigenvalue weighted by atomic mass is 32.2. The van der Waals surface area contributed by atoms with E-state index < -0.39 is 0 Å². The molecule has 1 aliphatic rings. The highest BCUT2D eigenvalue weighted by molar-refractivity contribution is 8.22. The van der Waals surface area contributed by atoms with E-state index in [9.17, 15) is 0 Å². The molecule has 3 heteroatoms. The Morgan fingerprint density at radius 2 is 1.59 bits per heavy atom. The summed E-state index contributed by atoms with van der Waals surface area (Å²) in [4.78, 5) is 6.17. The van der Waals surface area contributed by atoms with E-state index in [0.29, 0.717) is 0 Å². The number of hydrogen-bond acceptors (Lipinski definition) is 2. The van der Waals surface area contributed by atoms with Crippen molar-refractivity contribution in [3.63, 3.8) is 0 Å². The molecule has 0 atom stereocenters. The summed E-state index contributed by atoms with van der Waals surface area (Å²) in [6, 6.07) is 23.3. The maximum atomic E-state index is 4.96. The number of nitrogens with zero attached hydrogens (tertiary/aromatic N) is 1. The van der Waals surface area contributed by atoms with Crippen LogP contribution in [0.1, 0.15) is 27.8 Å². The van der Waals surface area contributed by atoms with Crippen LogP contribution in [0.3, 0.4) is 0 Å². The molecule has 1 heterocycles. The molecule has 134 valence electrons. The maximum absolute atomic E-state index is 4.96. The van der Waals surface area contributed by atoms with Crippen molar-refractivity contribution < 1.29 is 0 Å². The zero-order valence-corrected chi connectivity index (χ0v) is 16.6. The van der Waals surface area contributed by atoms with Crippen LogP contribution in [0, 0.1) is 20.8 Å². The number of amidine groups is 1. The number of aliphatic imine (C=N–C) groups is 1. The van der Waals surface area contributed by atoms with Gasteiger partial charge in [-0.1, -0.05) is 71.9 Å². The van der Waals surface area contributed by atoms with Gasteiger partial charge in [-0.2, -0.15) is 0 Å². The molecule has 0 aromatic heterocycles. The first-order valence-electron chi connectivity index (χ1n) is 9.08. The standard InChI is InChI=1S/C24H22N2S/c1-16-12-13-21-20(14-16)22(15-19-10-5-4-6-11-19)27-24(25-21)26-23-17(2)8-7-9-18(23)3/h4-15H,1-3H3,(H,25,26)/b22-15-. The van der Waals surface area contributed by atoms with Gasteiger partial charge in [0.25, 0.3) is 0 Å². The average molecular weight is 371 g/mol. The van der Waals surface area contributed by atoms with Crippen LogP contribution in [0.25, 0.3) is 11.0 Å². The summed E-state index contributed by atoms with van der Waals surface area (Å²) in [6.45, 7) is 6.35. The molecule has 0 fully saturated rings. The molecular formula is C24H22N2S. The van der Waals surface area contributed by atoms with E-state index in [4.69, 9.17) is 4.99 Å². The van der Waals surface area contributed by atoms with Gasteiger partial charge in [0.15, 0.2) is 5.17 Å². The lowest BCUT2D eigenvalue weighted by Crippen LogP contribution is -2.14. The third kappa shape index (κ3) is 3.83. The predicted octanol–water partition coefficient (Wildman–Crippen LogP) is 6.96. The van der Waals surface area contributed by atoms with Gasteiger partial charge >= 0.3 is 0 Å². The molecule has 0 amide bonds. The number of fused-ring (bicyclic) bond motifs is 1. The van der Waals surface area contributed by atoms with Gasteiger partial charge in [0.2, 0.25) is 0 Å². The summed E-state index contributed by atoms with van der Waals surface area (Å²) in [7, 11) is 0. The molecule has 4 rings (SSSR count). The number of para-hydroxylation sites is 1. The van der Waals surface area contributed by atoms with Crippen molar-refractivity contribution >= 4 is 39.3 Å². The van der Waals surface area contributed by atoms with E-state index in [2.05, 4.69) is 92.8 Å². The number of thioether (sulfide) groups is 1. The van der Waals surface area contributed by atoms with Crippen molar-refractivity contribution in [1.82, 2.24) is 0 Å². The summed E-state index contributed by atoms with van der Waals surface area (Å²) < 4.78 is 0. The largest absolute Gasteiger partial charge is 0.334 e. The highest BCUT2D eigenvalue weighted by Crippen LogP contribution is 2.41. The Morgan fingerprint density at radius 3 is 2.33 bits per heavy atom. The second-order valence-corrected chi connectivity index (χ2v) is 7.88. The molecule has 2 nitrogen and oxygen atoms in total. The van der Waals surface area contributed by atoms with Gasteiger partial charge in [0, 0.05) is 16.2 Å². The number of anilines is 1. The number of aryl methyl sites for hydroxylation is 3. The Balaban J connectivity index is 1.81. The smallest absolute Gasteiger partial charge is 0.171 e. The van der Waals surface area contributed by atoms with Crippen LogP contribution in [0.2, 0.25) is 0 Å².